The van der Waals surface area contributed by atoms with E-state index in [9.17, 15) is 0 Å². The Labute approximate surface area is 135 Å². The number of hydrogen-bond donors (Lipinski definition) is 0. The second-order valence-electron chi connectivity index (χ2n) is 5.13. The van der Waals surface area contributed by atoms with E-state index in [4.69, 9.17) is 9.47 Å². The number of halogens is 1. The van der Waals surface area contributed by atoms with Gasteiger partial charge in [-0.25, -0.2) is 0 Å². The lowest BCUT2D eigenvalue weighted by Gasteiger charge is -2.15. The van der Waals surface area contributed by atoms with Crippen molar-refractivity contribution in [3.8, 4) is 11.5 Å². The molecule has 0 aliphatic carbocycles. The highest BCUT2D eigenvalue weighted by molar-refractivity contribution is 9.09. The first-order chi connectivity index (χ1) is 10.2. The van der Waals surface area contributed by atoms with Crippen molar-refractivity contribution in [1.29, 1.82) is 0 Å². The highest BCUT2D eigenvalue weighted by atomic mass is 79.9. The van der Waals surface area contributed by atoms with Crippen LogP contribution >= 0.6 is 15.9 Å². The van der Waals surface area contributed by atoms with E-state index in [1.807, 2.05) is 24.3 Å². The molecule has 0 saturated carbocycles. The van der Waals surface area contributed by atoms with Crippen molar-refractivity contribution in [1.82, 2.24) is 0 Å². The number of benzene rings is 2. The van der Waals surface area contributed by atoms with Gasteiger partial charge >= 0.3 is 0 Å². The Morgan fingerprint density at radius 3 is 2.14 bits per heavy atom. The summed E-state index contributed by atoms with van der Waals surface area (Å²) < 4.78 is 10.5. The lowest BCUT2D eigenvalue weighted by Crippen LogP contribution is -2.10. The Hall–Kier alpha value is -1.48. The predicted molar refractivity (Wildman–Crippen MR) is 90.7 cm³/mol. The van der Waals surface area contributed by atoms with Crippen LogP contribution in [-0.4, -0.2) is 19.5 Å². The van der Waals surface area contributed by atoms with Gasteiger partial charge in [0.25, 0.3) is 0 Å². The van der Waals surface area contributed by atoms with Crippen molar-refractivity contribution in [2.45, 2.75) is 12.8 Å². The zero-order valence-corrected chi connectivity index (χ0v) is 14.1. The summed E-state index contributed by atoms with van der Waals surface area (Å²) in [7, 11) is 3.40. The van der Waals surface area contributed by atoms with Gasteiger partial charge in [-0.2, -0.15) is 0 Å². The quantitative estimate of drug-likeness (QED) is 0.685. The lowest BCUT2D eigenvalue weighted by molar-refractivity contribution is 0.413. The zero-order valence-electron chi connectivity index (χ0n) is 12.5. The molecule has 0 amide bonds. The smallest absolute Gasteiger partial charge is 0.119 e. The summed E-state index contributed by atoms with van der Waals surface area (Å²) in [6, 6.07) is 16.6. The lowest BCUT2D eigenvalue weighted by atomic mass is 9.94. The number of alkyl halides is 1. The van der Waals surface area contributed by atoms with E-state index in [1.54, 1.807) is 14.2 Å². The zero-order chi connectivity index (χ0) is 15.1. The van der Waals surface area contributed by atoms with Crippen LogP contribution in [0.2, 0.25) is 0 Å². The van der Waals surface area contributed by atoms with Crippen LogP contribution in [0, 0.1) is 5.92 Å². The van der Waals surface area contributed by atoms with Crippen LogP contribution < -0.4 is 9.47 Å². The second-order valence-corrected chi connectivity index (χ2v) is 5.78. The van der Waals surface area contributed by atoms with Crippen LogP contribution in [0.5, 0.6) is 11.5 Å². The monoisotopic (exact) mass is 348 g/mol. The van der Waals surface area contributed by atoms with Gasteiger partial charge in [0.1, 0.15) is 11.5 Å². The fourth-order valence-corrected chi connectivity index (χ4v) is 2.87. The van der Waals surface area contributed by atoms with Gasteiger partial charge < -0.3 is 9.47 Å². The molecular weight excluding hydrogens is 328 g/mol. The minimum absolute atomic E-state index is 0.561. The molecule has 0 N–H and O–H groups in total. The molecule has 0 bridgehead atoms. The molecule has 1 atom stereocenters. The Bertz CT molecular complexity index is 551. The van der Waals surface area contributed by atoms with Crippen LogP contribution in [0.3, 0.4) is 0 Å². The molecule has 2 aromatic carbocycles. The number of rotatable bonds is 7. The van der Waals surface area contributed by atoms with E-state index in [2.05, 4.69) is 40.2 Å². The van der Waals surface area contributed by atoms with Gasteiger partial charge in [-0.1, -0.05) is 40.2 Å². The van der Waals surface area contributed by atoms with Gasteiger partial charge in [0.15, 0.2) is 0 Å². The van der Waals surface area contributed by atoms with Crippen LogP contribution in [0.15, 0.2) is 48.5 Å². The van der Waals surface area contributed by atoms with Gasteiger partial charge in [-0.05, 0) is 54.2 Å². The summed E-state index contributed by atoms with van der Waals surface area (Å²) in [5.74, 6) is 2.39. The number of methoxy groups -OCH3 is 2. The summed E-state index contributed by atoms with van der Waals surface area (Å²) in [6.45, 7) is 0. The van der Waals surface area contributed by atoms with Gasteiger partial charge in [0.05, 0.1) is 14.2 Å². The maximum Gasteiger partial charge on any atom is 0.119 e. The largest absolute Gasteiger partial charge is 0.497 e. The molecule has 3 heteroatoms. The maximum atomic E-state index is 5.29. The maximum absolute atomic E-state index is 5.29. The molecule has 2 nitrogen and oxygen atoms in total. The standard InChI is InChI=1S/C18H21BrO2/c1-20-17-8-6-14(7-9-17)10-16(13-19)11-15-4-3-5-18(12-15)21-2/h3-9,12,16H,10-11,13H2,1-2H3. The van der Waals surface area contributed by atoms with E-state index in [0.717, 1.165) is 29.7 Å². The average molecular weight is 349 g/mol. The fraction of sp³-hybridized carbons (Fsp3) is 0.333. The summed E-state index contributed by atoms with van der Waals surface area (Å²) in [4.78, 5) is 0. The molecule has 0 aliphatic rings. The Morgan fingerprint density at radius 2 is 1.52 bits per heavy atom. The second kappa shape index (κ2) is 8.08. The predicted octanol–water partition coefficient (Wildman–Crippen LogP) is 4.50. The first-order valence-electron chi connectivity index (χ1n) is 7.07. The van der Waals surface area contributed by atoms with E-state index in [1.165, 1.54) is 11.1 Å². The molecule has 0 saturated heterocycles. The van der Waals surface area contributed by atoms with E-state index < -0.39 is 0 Å². The SMILES string of the molecule is COc1ccc(CC(CBr)Cc2cccc(OC)c2)cc1. The number of ether oxygens (including phenoxy) is 2. The molecule has 0 radical (unpaired) electrons. The average Bonchev–Trinajstić information content (AvgIpc) is 2.55. The van der Waals surface area contributed by atoms with Gasteiger partial charge in [-0.3, -0.25) is 0 Å². The highest BCUT2D eigenvalue weighted by Gasteiger charge is 2.10. The first kappa shape index (κ1) is 15.9. The summed E-state index contributed by atoms with van der Waals surface area (Å²) in [5, 5.41) is 0.982. The van der Waals surface area contributed by atoms with E-state index >= 15 is 0 Å². The van der Waals surface area contributed by atoms with Crippen molar-refractivity contribution >= 4 is 15.9 Å². The first-order valence-corrected chi connectivity index (χ1v) is 8.19. The van der Waals surface area contributed by atoms with Crippen LogP contribution in [0.1, 0.15) is 11.1 Å². The molecule has 21 heavy (non-hydrogen) atoms. The third-order valence-corrected chi connectivity index (χ3v) is 4.48. The summed E-state index contributed by atoms with van der Waals surface area (Å²) in [5.41, 5.74) is 2.65. The Morgan fingerprint density at radius 1 is 0.857 bits per heavy atom. The third kappa shape index (κ3) is 4.78. The van der Waals surface area contributed by atoms with Crippen molar-refractivity contribution in [2.75, 3.05) is 19.5 Å². The summed E-state index contributed by atoms with van der Waals surface area (Å²) in [6.07, 6.45) is 2.08. The highest BCUT2D eigenvalue weighted by Crippen LogP contribution is 2.21. The third-order valence-electron chi connectivity index (χ3n) is 3.56. The minimum Gasteiger partial charge on any atom is -0.497 e. The summed E-state index contributed by atoms with van der Waals surface area (Å²) >= 11 is 3.64. The van der Waals surface area contributed by atoms with Gasteiger partial charge in [0, 0.05) is 5.33 Å². The molecule has 0 heterocycles. The van der Waals surface area contributed by atoms with E-state index in [-0.39, 0.29) is 0 Å². The van der Waals surface area contributed by atoms with Gasteiger partial charge in [-0.15, -0.1) is 0 Å². The van der Waals surface area contributed by atoms with Crippen molar-refractivity contribution in [2.24, 2.45) is 5.92 Å². The Kier molecular flexibility index (Phi) is 6.12. The minimum atomic E-state index is 0.561. The topological polar surface area (TPSA) is 18.5 Å². The van der Waals surface area contributed by atoms with Crippen molar-refractivity contribution in [3.05, 3.63) is 59.7 Å². The van der Waals surface area contributed by atoms with Crippen molar-refractivity contribution in [3.63, 3.8) is 0 Å². The molecule has 0 aromatic heterocycles. The van der Waals surface area contributed by atoms with Crippen LogP contribution in [0.4, 0.5) is 0 Å². The molecular formula is C18H21BrO2. The van der Waals surface area contributed by atoms with Crippen LogP contribution in [-0.2, 0) is 12.8 Å². The van der Waals surface area contributed by atoms with Gasteiger partial charge in [0.2, 0.25) is 0 Å². The molecule has 0 aliphatic heterocycles. The molecule has 0 fully saturated rings. The molecule has 2 aromatic rings. The number of hydrogen-bond acceptors (Lipinski definition) is 2. The molecule has 2 rings (SSSR count). The normalized spacial score (nSPS) is 12.0. The fourth-order valence-electron chi connectivity index (χ4n) is 2.41. The van der Waals surface area contributed by atoms with Crippen LogP contribution in [0.25, 0.3) is 0 Å². The molecule has 112 valence electrons. The molecule has 1 unspecified atom stereocenters. The molecule has 0 spiro atoms. The van der Waals surface area contributed by atoms with Crippen molar-refractivity contribution < 1.29 is 9.47 Å². The Balaban J connectivity index is 2.01. The van der Waals surface area contributed by atoms with E-state index in [0.29, 0.717) is 5.92 Å².